The first-order valence-corrected chi connectivity index (χ1v) is 9.60. The van der Waals surface area contributed by atoms with E-state index in [4.69, 9.17) is 4.42 Å². The van der Waals surface area contributed by atoms with Gasteiger partial charge >= 0.3 is 0 Å². The monoisotopic (exact) mass is 359 g/mol. The van der Waals surface area contributed by atoms with E-state index < -0.39 is 0 Å². The Morgan fingerprint density at radius 3 is 3.00 bits per heavy atom. The molecule has 0 N–H and O–H groups in total. The van der Waals surface area contributed by atoms with E-state index in [-0.39, 0.29) is 5.25 Å². The Balaban J connectivity index is 1.54. The highest BCUT2D eigenvalue weighted by molar-refractivity contribution is 7.99. The lowest BCUT2D eigenvalue weighted by Crippen LogP contribution is -2.03. The molecule has 1 saturated carbocycles. The molecule has 8 heteroatoms. The molecule has 0 aliphatic heterocycles. The number of allylic oxidation sites excluding steroid dienone is 1. The van der Waals surface area contributed by atoms with Gasteiger partial charge in [0.25, 0.3) is 5.89 Å². The average molecular weight is 359 g/mol. The highest BCUT2D eigenvalue weighted by Crippen LogP contribution is 2.41. The van der Waals surface area contributed by atoms with Gasteiger partial charge in [0, 0.05) is 12.5 Å². The van der Waals surface area contributed by atoms with Crippen LogP contribution in [0.15, 0.2) is 39.7 Å². The van der Waals surface area contributed by atoms with Gasteiger partial charge in [-0.3, -0.25) is 0 Å². The predicted octanol–water partition coefficient (Wildman–Crippen LogP) is 4.31. The minimum absolute atomic E-state index is 0.00558. The summed E-state index contributed by atoms with van der Waals surface area (Å²) in [6.07, 6.45) is 4.28. The van der Waals surface area contributed by atoms with E-state index in [1.807, 2.05) is 30.5 Å². The fourth-order valence-electron chi connectivity index (χ4n) is 2.44. The summed E-state index contributed by atoms with van der Waals surface area (Å²) in [6.45, 7) is 6.60. The van der Waals surface area contributed by atoms with E-state index >= 15 is 0 Å². The average Bonchev–Trinajstić information content (AvgIpc) is 3.01. The van der Waals surface area contributed by atoms with Crippen molar-refractivity contribution in [1.82, 2.24) is 25.0 Å². The maximum Gasteiger partial charge on any atom is 0.257 e. The molecule has 0 spiro atoms. The minimum atomic E-state index is 0.00558. The van der Waals surface area contributed by atoms with Gasteiger partial charge in [0.15, 0.2) is 5.16 Å². The molecular formula is C16H17N5OS2. The topological polar surface area (TPSA) is 69.6 Å². The first kappa shape index (κ1) is 15.6. The number of aromatic nitrogens is 5. The van der Waals surface area contributed by atoms with E-state index in [9.17, 15) is 0 Å². The van der Waals surface area contributed by atoms with Crippen LogP contribution in [-0.2, 0) is 6.54 Å². The number of rotatable bonds is 7. The van der Waals surface area contributed by atoms with Gasteiger partial charge in [0.2, 0.25) is 5.89 Å². The second kappa shape index (κ2) is 6.52. The molecule has 6 nitrogen and oxygen atoms in total. The van der Waals surface area contributed by atoms with Gasteiger partial charge in [0.05, 0.1) is 10.1 Å². The zero-order chi connectivity index (χ0) is 16.5. The lowest BCUT2D eigenvalue weighted by molar-refractivity contribution is 0.509. The van der Waals surface area contributed by atoms with Crippen LogP contribution in [0.4, 0.5) is 0 Å². The van der Waals surface area contributed by atoms with Gasteiger partial charge in [-0.1, -0.05) is 23.9 Å². The highest BCUT2D eigenvalue weighted by atomic mass is 32.2. The van der Waals surface area contributed by atoms with Gasteiger partial charge in [0.1, 0.15) is 5.82 Å². The molecule has 24 heavy (non-hydrogen) atoms. The molecule has 3 heterocycles. The molecule has 1 aliphatic carbocycles. The van der Waals surface area contributed by atoms with Crippen molar-refractivity contribution in [2.24, 2.45) is 0 Å². The fourth-order valence-corrected chi connectivity index (χ4v) is 3.98. The Hall–Kier alpha value is -1.93. The first-order chi connectivity index (χ1) is 11.8. The Labute approximate surface area is 148 Å². The third-order valence-electron chi connectivity index (χ3n) is 3.80. The zero-order valence-electron chi connectivity index (χ0n) is 13.3. The van der Waals surface area contributed by atoms with Crippen LogP contribution < -0.4 is 0 Å². The van der Waals surface area contributed by atoms with Crippen LogP contribution in [0.25, 0.3) is 10.8 Å². The molecule has 0 bridgehead atoms. The Morgan fingerprint density at radius 2 is 2.29 bits per heavy atom. The SMILES string of the molecule is C=CCn1c(SC(C)c2nnc(-c3cccs3)o2)nnc1C1CC1. The first-order valence-electron chi connectivity index (χ1n) is 7.84. The van der Waals surface area contributed by atoms with Crippen molar-refractivity contribution in [2.45, 2.75) is 42.6 Å². The van der Waals surface area contributed by atoms with Crippen molar-refractivity contribution in [2.75, 3.05) is 0 Å². The van der Waals surface area contributed by atoms with Crippen molar-refractivity contribution < 1.29 is 4.42 Å². The maximum atomic E-state index is 5.82. The quantitative estimate of drug-likeness (QED) is 0.462. The van der Waals surface area contributed by atoms with Crippen LogP contribution >= 0.6 is 23.1 Å². The fraction of sp³-hybridized carbons (Fsp3) is 0.375. The van der Waals surface area contributed by atoms with Crippen LogP contribution in [0.2, 0.25) is 0 Å². The smallest absolute Gasteiger partial charge is 0.257 e. The molecule has 1 aliphatic rings. The van der Waals surface area contributed by atoms with Crippen molar-refractivity contribution >= 4 is 23.1 Å². The van der Waals surface area contributed by atoms with E-state index in [1.54, 1.807) is 23.1 Å². The van der Waals surface area contributed by atoms with Crippen LogP contribution in [0, 0.1) is 0 Å². The van der Waals surface area contributed by atoms with Gasteiger partial charge < -0.3 is 8.98 Å². The molecule has 1 fully saturated rings. The van der Waals surface area contributed by atoms with Crippen LogP contribution in [0.5, 0.6) is 0 Å². The van der Waals surface area contributed by atoms with Gasteiger partial charge in [-0.25, -0.2) is 0 Å². The third-order valence-corrected chi connectivity index (χ3v) is 5.73. The largest absolute Gasteiger partial charge is 0.419 e. The molecule has 1 unspecified atom stereocenters. The van der Waals surface area contributed by atoms with E-state index in [1.165, 1.54) is 12.8 Å². The summed E-state index contributed by atoms with van der Waals surface area (Å²) in [4.78, 5) is 0.983. The van der Waals surface area contributed by atoms with Crippen molar-refractivity contribution in [3.63, 3.8) is 0 Å². The Bertz CT molecular complexity index is 835. The summed E-state index contributed by atoms with van der Waals surface area (Å²) in [5.41, 5.74) is 0. The second-order valence-corrected chi connectivity index (χ2v) is 7.95. The normalized spacial score (nSPS) is 15.5. The molecule has 3 aromatic heterocycles. The number of hydrogen-bond donors (Lipinski definition) is 0. The zero-order valence-corrected chi connectivity index (χ0v) is 14.9. The molecule has 0 amide bonds. The maximum absolute atomic E-state index is 5.82. The Kier molecular flexibility index (Phi) is 4.24. The van der Waals surface area contributed by atoms with Gasteiger partial charge in [-0.05, 0) is 31.2 Å². The predicted molar refractivity (Wildman–Crippen MR) is 94.1 cm³/mol. The second-order valence-electron chi connectivity index (χ2n) is 5.70. The molecule has 4 rings (SSSR count). The number of thiophene rings is 1. The third kappa shape index (κ3) is 3.03. The molecular weight excluding hydrogens is 342 g/mol. The lowest BCUT2D eigenvalue weighted by Gasteiger charge is -2.09. The van der Waals surface area contributed by atoms with Crippen molar-refractivity contribution in [3.05, 3.63) is 41.9 Å². The molecule has 3 aromatic rings. The summed E-state index contributed by atoms with van der Waals surface area (Å²) < 4.78 is 7.96. The van der Waals surface area contributed by atoms with Gasteiger partial charge in [-0.2, -0.15) is 0 Å². The number of nitrogens with zero attached hydrogens (tertiary/aromatic N) is 5. The van der Waals surface area contributed by atoms with Crippen molar-refractivity contribution in [1.29, 1.82) is 0 Å². The number of thioether (sulfide) groups is 1. The van der Waals surface area contributed by atoms with Gasteiger partial charge in [-0.15, -0.1) is 38.3 Å². The van der Waals surface area contributed by atoms with E-state index in [0.29, 0.717) is 17.7 Å². The molecule has 0 radical (unpaired) electrons. The standard InChI is InChI=1S/C16H17N5OS2/c1-3-8-21-13(11-6-7-11)17-20-16(21)24-10(2)14-18-19-15(22-14)12-5-4-9-23-12/h3-5,9-11H,1,6-8H2,2H3. The summed E-state index contributed by atoms with van der Waals surface area (Å²) in [5.74, 6) is 2.79. The molecule has 0 saturated heterocycles. The van der Waals surface area contributed by atoms with Crippen LogP contribution in [-0.4, -0.2) is 25.0 Å². The van der Waals surface area contributed by atoms with Crippen molar-refractivity contribution in [3.8, 4) is 10.8 Å². The molecule has 124 valence electrons. The van der Waals surface area contributed by atoms with Crippen LogP contribution in [0.3, 0.4) is 0 Å². The summed E-state index contributed by atoms with van der Waals surface area (Å²) >= 11 is 3.18. The molecule has 0 aromatic carbocycles. The minimum Gasteiger partial charge on any atom is -0.419 e. The van der Waals surface area contributed by atoms with E-state index in [2.05, 4.69) is 31.5 Å². The van der Waals surface area contributed by atoms with Crippen LogP contribution in [0.1, 0.15) is 42.6 Å². The number of hydrogen-bond acceptors (Lipinski definition) is 7. The molecule has 1 atom stereocenters. The summed E-state index contributed by atoms with van der Waals surface area (Å²) in [7, 11) is 0. The summed E-state index contributed by atoms with van der Waals surface area (Å²) in [5, 5.41) is 19.9. The highest BCUT2D eigenvalue weighted by Gasteiger charge is 2.31. The Morgan fingerprint density at radius 1 is 1.42 bits per heavy atom. The summed E-state index contributed by atoms with van der Waals surface area (Å²) in [6, 6.07) is 3.95. The van der Waals surface area contributed by atoms with E-state index in [0.717, 1.165) is 22.4 Å². The lowest BCUT2D eigenvalue weighted by atomic mass is 10.4.